The van der Waals surface area contributed by atoms with Gasteiger partial charge in [-0.05, 0) is 50.5 Å². The highest BCUT2D eigenvalue weighted by molar-refractivity contribution is 5.07. The molecule has 3 fully saturated rings. The second-order valence-corrected chi connectivity index (χ2v) is 5.92. The summed E-state index contributed by atoms with van der Waals surface area (Å²) in [5.41, 5.74) is 0. The predicted octanol–water partition coefficient (Wildman–Crippen LogP) is 2.40. The van der Waals surface area contributed by atoms with E-state index in [1.807, 2.05) is 0 Å². The van der Waals surface area contributed by atoms with Crippen molar-refractivity contribution in [2.45, 2.75) is 50.5 Å². The number of hydrogen-bond donors (Lipinski definition) is 1. The van der Waals surface area contributed by atoms with Gasteiger partial charge in [0.05, 0.1) is 6.04 Å². The standard InChI is InChI=1S/C13H19N3O/c1-2-11(14-5-1)13-15-12(16-17-13)10-7-8-3-4-9(10)6-8/h8-11,14H,1-7H2. The Morgan fingerprint density at radius 3 is 2.88 bits per heavy atom. The molecule has 1 aliphatic heterocycles. The lowest BCUT2D eigenvalue weighted by Crippen LogP contribution is -2.14. The molecule has 0 spiro atoms. The van der Waals surface area contributed by atoms with Gasteiger partial charge in [0.1, 0.15) is 0 Å². The Balaban J connectivity index is 1.54. The first-order valence-electron chi connectivity index (χ1n) is 6.97. The van der Waals surface area contributed by atoms with Crippen LogP contribution in [0.25, 0.3) is 0 Å². The normalized spacial score (nSPS) is 40.2. The lowest BCUT2D eigenvalue weighted by atomic mass is 9.88. The molecular weight excluding hydrogens is 214 g/mol. The molecule has 1 saturated heterocycles. The third-order valence-electron chi connectivity index (χ3n) is 4.89. The summed E-state index contributed by atoms with van der Waals surface area (Å²) in [6.07, 6.45) is 7.85. The van der Waals surface area contributed by atoms with E-state index in [4.69, 9.17) is 4.52 Å². The largest absolute Gasteiger partial charge is 0.338 e. The van der Waals surface area contributed by atoms with Crippen molar-refractivity contribution < 1.29 is 4.52 Å². The number of fused-ring (bicyclic) bond motifs is 2. The molecular formula is C13H19N3O. The molecule has 0 amide bonds. The maximum absolute atomic E-state index is 5.45. The van der Waals surface area contributed by atoms with Crippen molar-refractivity contribution in [2.75, 3.05) is 6.54 Å². The Morgan fingerprint density at radius 2 is 2.18 bits per heavy atom. The van der Waals surface area contributed by atoms with Gasteiger partial charge in [0.15, 0.2) is 5.82 Å². The first kappa shape index (κ1) is 10.1. The molecule has 4 atom stereocenters. The van der Waals surface area contributed by atoms with Crippen LogP contribution in [-0.2, 0) is 0 Å². The minimum Gasteiger partial charge on any atom is -0.338 e. The molecule has 2 saturated carbocycles. The van der Waals surface area contributed by atoms with Gasteiger partial charge < -0.3 is 9.84 Å². The number of rotatable bonds is 2. The van der Waals surface area contributed by atoms with E-state index in [-0.39, 0.29) is 0 Å². The lowest BCUT2D eigenvalue weighted by molar-refractivity contribution is 0.330. The van der Waals surface area contributed by atoms with Gasteiger partial charge in [-0.2, -0.15) is 4.98 Å². The first-order chi connectivity index (χ1) is 8.40. The first-order valence-corrected chi connectivity index (χ1v) is 6.97. The van der Waals surface area contributed by atoms with Gasteiger partial charge in [0.25, 0.3) is 0 Å². The highest BCUT2D eigenvalue weighted by atomic mass is 16.5. The van der Waals surface area contributed by atoms with E-state index in [0.29, 0.717) is 12.0 Å². The second-order valence-electron chi connectivity index (χ2n) is 5.92. The van der Waals surface area contributed by atoms with Crippen molar-refractivity contribution in [1.82, 2.24) is 15.5 Å². The summed E-state index contributed by atoms with van der Waals surface area (Å²) in [5.74, 6) is 4.17. The highest BCUT2D eigenvalue weighted by Crippen LogP contribution is 2.52. The fraction of sp³-hybridized carbons (Fsp3) is 0.846. The van der Waals surface area contributed by atoms with Crippen LogP contribution in [0, 0.1) is 11.8 Å². The third-order valence-corrected chi connectivity index (χ3v) is 4.89. The van der Waals surface area contributed by atoms with E-state index in [2.05, 4.69) is 15.5 Å². The molecule has 0 aromatic carbocycles. The zero-order valence-corrected chi connectivity index (χ0v) is 10.1. The summed E-state index contributed by atoms with van der Waals surface area (Å²) in [4.78, 5) is 4.65. The smallest absolute Gasteiger partial charge is 0.243 e. The van der Waals surface area contributed by atoms with Crippen LogP contribution in [0.2, 0.25) is 0 Å². The molecule has 1 aromatic heterocycles. The Kier molecular flexibility index (Phi) is 2.25. The minimum absolute atomic E-state index is 0.315. The van der Waals surface area contributed by atoms with Crippen molar-refractivity contribution in [3.8, 4) is 0 Å². The fourth-order valence-electron chi connectivity index (χ4n) is 4.00. The average molecular weight is 233 g/mol. The van der Waals surface area contributed by atoms with E-state index in [9.17, 15) is 0 Å². The van der Waals surface area contributed by atoms with E-state index in [0.717, 1.165) is 36.5 Å². The van der Waals surface area contributed by atoms with Crippen LogP contribution in [0.15, 0.2) is 4.52 Å². The number of aromatic nitrogens is 2. The Bertz CT molecular complexity index is 411. The Morgan fingerprint density at radius 1 is 1.18 bits per heavy atom. The van der Waals surface area contributed by atoms with Crippen LogP contribution in [0.5, 0.6) is 0 Å². The maximum Gasteiger partial charge on any atom is 0.243 e. The molecule has 4 unspecified atom stereocenters. The molecule has 1 N–H and O–H groups in total. The van der Waals surface area contributed by atoms with Crippen LogP contribution in [0.1, 0.15) is 62.2 Å². The molecule has 2 bridgehead atoms. The SMILES string of the molecule is C1CNC(c2nc(C3CC4CCC3C4)no2)C1. The molecule has 0 radical (unpaired) electrons. The molecule has 2 aliphatic carbocycles. The van der Waals surface area contributed by atoms with Gasteiger partial charge in [0, 0.05) is 5.92 Å². The fourth-order valence-corrected chi connectivity index (χ4v) is 4.00. The monoisotopic (exact) mass is 233 g/mol. The molecule has 92 valence electrons. The van der Waals surface area contributed by atoms with Gasteiger partial charge in [-0.3, -0.25) is 0 Å². The van der Waals surface area contributed by atoms with Crippen LogP contribution in [0.3, 0.4) is 0 Å². The molecule has 2 heterocycles. The summed E-state index contributed by atoms with van der Waals surface area (Å²) in [5, 5.41) is 7.65. The van der Waals surface area contributed by atoms with Crippen LogP contribution in [0.4, 0.5) is 0 Å². The summed E-state index contributed by atoms with van der Waals surface area (Å²) in [6, 6.07) is 0.315. The predicted molar refractivity (Wildman–Crippen MR) is 62.5 cm³/mol. The summed E-state index contributed by atoms with van der Waals surface area (Å²) >= 11 is 0. The Hall–Kier alpha value is -0.900. The zero-order valence-electron chi connectivity index (χ0n) is 10.1. The summed E-state index contributed by atoms with van der Waals surface area (Å²) in [7, 11) is 0. The van der Waals surface area contributed by atoms with Crippen molar-refractivity contribution in [3.63, 3.8) is 0 Å². The minimum atomic E-state index is 0.315. The van der Waals surface area contributed by atoms with Gasteiger partial charge in [-0.25, -0.2) is 0 Å². The molecule has 4 heteroatoms. The Labute approximate surface area is 101 Å². The molecule has 4 nitrogen and oxygen atoms in total. The van der Waals surface area contributed by atoms with Gasteiger partial charge in [0.2, 0.25) is 5.89 Å². The van der Waals surface area contributed by atoms with Crippen LogP contribution < -0.4 is 5.32 Å². The van der Waals surface area contributed by atoms with Gasteiger partial charge >= 0.3 is 0 Å². The topological polar surface area (TPSA) is 51.0 Å². The van der Waals surface area contributed by atoms with E-state index in [1.54, 1.807) is 0 Å². The summed E-state index contributed by atoms with van der Waals surface area (Å²) in [6.45, 7) is 1.08. The zero-order chi connectivity index (χ0) is 11.2. The molecule has 1 aromatic rings. The van der Waals surface area contributed by atoms with Crippen molar-refractivity contribution >= 4 is 0 Å². The second kappa shape index (κ2) is 3.80. The maximum atomic E-state index is 5.45. The van der Waals surface area contributed by atoms with Crippen molar-refractivity contribution in [1.29, 1.82) is 0 Å². The number of nitrogens with zero attached hydrogens (tertiary/aromatic N) is 2. The quantitative estimate of drug-likeness (QED) is 0.852. The van der Waals surface area contributed by atoms with Gasteiger partial charge in [-0.15, -0.1) is 0 Å². The van der Waals surface area contributed by atoms with Crippen molar-refractivity contribution in [3.05, 3.63) is 11.7 Å². The van der Waals surface area contributed by atoms with Crippen molar-refractivity contribution in [2.24, 2.45) is 11.8 Å². The number of nitrogens with one attached hydrogen (secondary N) is 1. The molecule has 4 rings (SSSR count). The molecule has 3 aliphatic rings. The number of hydrogen-bond acceptors (Lipinski definition) is 4. The highest BCUT2D eigenvalue weighted by Gasteiger charge is 2.42. The average Bonchev–Trinajstić information content (AvgIpc) is 3.12. The molecule has 17 heavy (non-hydrogen) atoms. The van der Waals surface area contributed by atoms with Crippen LogP contribution in [-0.4, -0.2) is 16.7 Å². The lowest BCUT2D eigenvalue weighted by Gasteiger charge is -2.17. The van der Waals surface area contributed by atoms with E-state index in [1.165, 1.54) is 32.1 Å². The van der Waals surface area contributed by atoms with Crippen LogP contribution >= 0.6 is 0 Å². The third kappa shape index (κ3) is 1.61. The van der Waals surface area contributed by atoms with E-state index >= 15 is 0 Å². The van der Waals surface area contributed by atoms with Gasteiger partial charge in [-0.1, -0.05) is 11.6 Å². The summed E-state index contributed by atoms with van der Waals surface area (Å²) < 4.78 is 5.45. The van der Waals surface area contributed by atoms with E-state index < -0.39 is 0 Å².